The van der Waals surface area contributed by atoms with E-state index in [9.17, 15) is 9.59 Å². The van der Waals surface area contributed by atoms with Gasteiger partial charge in [0.15, 0.2) is 0 Å². The van der Waals surface area contributed by atoms with Gasteiger partial charge in [0.2, 0.25) is 0 Å². The highest BCUT2D eigenvalue weighted by Gasteiger charge is 2.58. The van der Waals surface area contributed by atoms with E-state index >= 15 is 0 Å². The van der Waals surface area contributed by atoms with Crippen molar-refractivity contribution in [1.29, 1.82) is 0 Å². The molecule has 1 aliphatic heterocycles. The summed E-state index contributed by atoms with van der Waals surface area (Å²) in [7, 11) is 0. The van der Waals surface area contributed by atoms with Gasteiger partial charge in [-0.05, 0) is 86.5 Å². The lowest BCUT2D eigenvalue weighted by molar-refractivity contribution is -0.152. The van der Waals surface area contributed by atoms with Crippen LogP contribution in [0.5, 0.6) is 0 Å². The molecular weight excluding hydrogens is 446 g/mol. The number of nitrogens with zero attached hydrogens (tertiary/aromatic N) is 1. The van der Waals surface area contributed by atoms with Gasteiger partial charge >= 0.3 is 5.97 Å². The summed E-state index contributed by atoms with van der Waals surface area (Å²) in [5.41, 5.74) is 2.08. The van der Waals surface area contributed by atoms with Gasteiger partial charge in [-0.15, -0.1) is 12.4 Å². The molecular formula is C29H46ClNO3. The smallest absolute Gasteiger partial charge is 0.307 e. The van der Waals surface area contributed by atoms with Crippen LogP contribution in [0.3, 0.4) is 0 Å². The zero-order valence-corrected chi connectivity index (χ0v) is 22.7. The Morgan fingerprint density at radius 1 is 1.06 bits per heavy atom. The largest absolute Gasteiger partial charge is 0.462 e. The third-order valence-corrected chi connectivity index (χ3v) is 10.7. The molecule has 6 atom stereocenters. The summed E-state index contributed by atoms with van der Waals surface area (Å²) in [6, 6.07) is 0. The Bertz CT molecular complexity index is 837. The van der Waals surface area contributed by atoms with Gasteiger partial charge in [0, 0.05) is 31.3 Å². The summed E-state index contributed by atoms with van der Waals surface area (Å²) in [6.07, 6.45) is 13.9. The Labute approximate surface area is 213 Å². The average molecular weight is 492 g/mol. The first-order valence-corrected chi connectivity index (χ1v) is 13.8. The molecule has 0 amide bonds. The third kappa shape index (κ3) is 4.63. The highest BCUT2D eigenvalue weighted by molar-refractivity contribution is 5.87. The lowest BCUT2D eigenvalue weighted by Gasteiger charge is -2.56. The van der Waals surface area contributed by atoms with E-state index in [1.165, 1.54) is 19.3 Å². The fraction of sp³-hybridized carbons (Fsp3) is 0.862. The van der Waals surface area contributed by atoms with Gasteiger partial charge in [0.25, 0.3) is 0 Å². The van der Waals surface area contributed by atoms with Crippen LogP contribution in [0, 0.1) is 34.0 Å². The molecule has 0 spiro atoms. The molecule has 0 aromatic carbocycles. The second-order valence-electron chi connectivity index (χ2n) is 13.3. The Morgan fingerprint density at radius 3 is 2.56 bits per heavy atom. The number of halogens is 1. The van der Waals surface area contributed by atoms with Gasteiger partial charge in [0.1, 0.15) is 11.9 Å². The number of carbonyl (C=O) groups is 2. The molecule has 4 unspecified atom stereocenters. The maximum Gasteiger partial charge on any atom is 0.307 e. The van der Waals surface area contributed by atoms with Gasteiger partial charge in [-0.1, -0.05) is 39.3 Å². The molecule has 1 heterocycles. The first-order chi connectivity index (χ1) is 15.6. The number of rotatable bonds is 4. The van der Waals surface area contributed by atoms with Crippen LogP contribution in [0.15, 0.2) is 11.6 Å². The molecule has 0 bridgehead atoms. The molecule has 4 fully saturated rings. The number of carbonyl (C=O) groups excluding carboxylic acids is 2. The molecule has 0 aromatic heterocycles. The number of Topliss-reactive ketones (excluding diaryl/α,β-unsaturated/α-hetero) is 1. The van der Waals surface area contributed by atoms with Crippen molar-refractivity contribution in [1.82, 2.24) is 4.90 Å². The van der Waals surface area contributed by atoms with E-state index in [-0.39, 0.29) is 35.3 Å². The van der Waals surface area contributed by atoms with Gasteiger partial charge < -0.3 is 9.64 Å². The van der Waals surface area contributed by atoms with Crippen LogP contribution < -0.4 is 0 Å². The number of hydrogen-bond donors (Lipinski definition) is 0. The minimum Gasteiger partial charge on any atom is -0.462 e. The summed E-state index contributed by atoms with van der Waals surface area (Å²) in [5, 5.41) is 0. The van der Waals surface area contributed by atoms with Crippen LogP contribution in [-0.4, -0.2) is 42.4 Å². The molecule has 0 aromatic rings. The lowest BCUT2D eigenvalue weighted by Crippen LogP contribution is -2.50. The van der Waals surface area contributed by atoms with Crippen molar-refractivity contribution >= 4 is 24.2 Å². The van der Waals surface area contributed by atoms with Crippen LogP contribution >= 0.6 is 12.4 Å². The normalized spacial score (nSPS) is 41.4. The third-order valence-electron chi connectivity index (χ3n) is 10.7. The monoisotopic (exact) mass is 491 g/mol. The Morgan fingerprint density at radius 2 is 1.79 bits per heavy atom. The Kier molecular flexibility index (Phi) is 7.35. The quantitative estimate of drug-likeness (QED) is 0.339. The van der Waals surface area contributed by atoms with Crippen LogP contribution in [0.1, 0.15) is 98.3 Å². The van der Waals surface area contributed by atoms with Crippen LogP contribution in [0.4, 0.5) is 0 Å². The molecule has 0 N–H and O–H groups in total. The summed E-state index contributed by atoms with van der Waals surface area (Å²) in [4.78, 5) is 27.7. The Hall–Kier alpha value is -0.870. The molecule has 5 rings (SSSR count). The zero-order valence-electron chi connectivity index (χ0n) is 21.9. The first-order valence-electron chi connectivity index (χ1n) is 13.8. The Balaban J connectivity index is 0.00000274. The number of ketones is 1. The molecule has 34 heavy (non-hydrogen) atoms. The van der Waals surface area contributed by atoms with Gasteiger partial charge in [-0.25, -0.2) is 0 Å². The maximum absolute atomic E-state index is 12.7. The minimum atomic E-state index is -0.0564. The predicted octanol–water partition coefficient (Wildman–Crippen LogP) is 6.36. The van der Waals surface area contributed by atoms with E-state index in [0.29, 0.717) is 35.4 Å². The molecule has 4 aliphatic carbocycles. The number of piperidine rings is 1. The summed E-state index contributed by atoms with van der Waals surface area (Å²) >= 11 is 0. The number of fused-ring (bicyclic) bond motifs is 5. The van der Waals surface area contributed by atoms with E-state index in [4.69, 9.17) is 4.74 Å². The second-order valence-corrected chi connectivity index (χ2v) is 13.3. The van der Waals surface area contributed by atoms with Crippen molar-refractivity contribution < 1.29 is 14.3 Å². The minimum absolute atomic E-state index is 0. The van der Waals surface area contributed by atoms with Crippen molar-refractivity contribution in [3.8, 4) is 0 Å². The number of allylic oxidation sites excluding steroid dienone is 1. The molecule has 4 nitrogen and oxygen atoms in total. The molecule has 0 radical (unpaired) electrons. The van der Waals surface area contributed by atoms with Crippen molar-refractivity contribution in [3.63, 3.8) is 0 Å². The van der Waals surface area contributed by atoms with E-state index in [0.717, 1.165) is 64.6 Å². The maximum atomic E-state index is 12.7. The standard InChI is InChI=1S/C29H45NO3.ClH/c1-27(2)13-5-16-30(19-27)17-12-26(32)33-21-10-14-28(3)20(18-21)6-7-22-23-8-9-25(31)29(23,4)15-11-24(22)28;/h6,21-24H,5,7-19H2,1-4H3;1H/t21?,22?,23?,24?,28-,29-;/m0./s1. The van der Waals surface area contributed by atoms with E-state index < -0.39 is 0 Å². The topological polar surface area (TPSA) is 46.6 Å². The SMILES string of the molecule is CC1(C)CCCN(CCC(=O)OC2CC[C@@]3(C)C(=CCC4C3CC[C@]3(C)C(=O)CCC43)C2)C1.Cl. The summed E-state index contributed by atoms with van der Waals surface area (Å²) < 4.78 is 6.01. The van der Waals surface area contributed by atoms with Crippen molar-refractivity contribution in [2.75, 3.05) is 19.6 Å². The van der Waals surface area contributed by atoms with Gasteiger partial charge in [-0.2, -0.15) is 0 Å². The van der Waals surface area contributed by atoms with Crippen molar-refractivity contribution in [2.24, 2.45) is 34.0 Å². The van der Waals surface area contributed by atoms with Crippen LogP contribution in [0.25, 0.3) is 0 Å². The summed E-state index contributed by atoms with van der Waals surface area (Å²) in [5.74, 6) is 2.44. The highest BCUT2D eigenvalue weighted by Crippen LogP contribution is 2.64. The zero-order chi connectivity index (χ0) is 23.4. The van der Waals surface area contributed by atoms with Crippen LogP contribution in [0.2, 0.25) is 0 Å². The molecule has 192 valence electrons. The predicted molar refractivity (Wildman–Crippen MR) is 138 cm³/mol. The molecule has 5 aliphatic rings. The first kappa shape index (κ1) is 26.2. The molecule has 3 saturated carbocycles. The van der Waals surface area contributed by atoms with Crippen molar-refractivity contribution in [3.05, 3.63) is 11.6 Å². The molecule has 5 heteroatoms. The fourth-order valence-electron chi connectivity index (χ4n) is 8.73. The lowest BCUT2D eigenvalue weighted by atomic mass is 9.48. The van der Waals surface area contributed by atoms with Gasteiger partial charge in [-0.3, -0.25) is 9.59 Å². The highest BCUT2D eigenvalue weighted by atomic mass is 35.5. The van der Waals surface area contributed by atoms with E-state index in [2.05, 4.69) is 38.7 Å². The second kappa shape index (κ2) is 9.54. The average Bonchev–Trinajstić information content (AvgIpc) is 3.06. The summed E-state index contributed by atoms with van der Waals surface area (Å²) in [6.45, 7) is 12.4. The number of likely N-dealkylation sites (tertiary alicyclic amines) is 1. The number of esters is 1. The number of ether oxygens (including phenoxy) is 1. The van der Waals surface area contributed by atoms with E-state index in [1.807, 2.05) is 0 Å². The number of hydrogen-bond acceptors (Lipinski definition) is 4. The molecule has 1 saturated heterocycles. The van der Waals surface area contributed by atoms with E-state index in [1.54, 1.807) is 5.57 Å². The van der Waals surface area contributed by atoms with Crippen molar-refractivity contribution in [2.45, 2.75) is 104 Å². The van der Waals surface area contributed by atoms with Crippen LogP contribution in [-0.2, 0) is 14.3 Å². The van der Waals surface area contributed by atoms with Gasteiger partial charge in [0.05, 0.1) is 6.42 Å². The fourth-order valence-corrected chi connectivity index (χ4v) is 8.73.